The van der Waals surface area contributed by atoms with Crippen molar-refractivity contribution in [1.29, 1.82) is 0 Å². The predicted molar refractivity (Wildman–Crippen MR) is 87.9 cm³/mol. The zero-order valence-electron chi connectivity index (χ0n) is 14.6. The average Bonchev–Trinajstić information content (AvgIpc) is 2.87. The molecule has 25 heavy (non-hydrogen) atoms. The van der Waals surface area contributed by atoms with E-state index >= 15 is 0 Å². The molecule has 1 aromatic rings. The van der Waals surface area contributed by atoms with Gasteiger partial charge in [-0.2, -0.15) is 13.2 Å². The first-order chi connectivity index (χ1) is 11.4. The second-order valence-corrected chi connectivity index (χ2v) is 7.84. The fourth-order valence-corrected chi connectivity index (χ4v) is 3.53. The fraction of sp³-hybridized carbons (Fsp3) is 0.733. The van der Waals surface area contributed by atoms with Crippen molar-refractivity contribution in [3.8, 4) is 0 Å². The highest BCUT2D eigenvalue weighted by atomic mass is 32.1. The van der Waals surface area contributed by atoms with Crippen molar-refractivity contribution < 1.29 is 27.8 Å². The number of rotatable bonds is 2. The number of alkyl halides is 3. The summed E-state index contributed by atoms with van der Waals surface area (Å²) in [7, 11) is 0. The summed E-state index contributed by atoms with van der Waals surface area (Å²) in [6.45, 7) is 7.26. The smallest absolute Gasteiger partial charge is 0.443 e. The number of amides is 1. The van der Waals surface area contributed by atoms with E-state index in [2.05, 4.69) is 4.98 Å². The topological polar surface area (TPSA) is 65.9 Å². The number of aryl methyl sites for hydroxylation is 1. The molecular weight excluding hydrogens is 359 g/mol. The van der Waals surface area contributed by atoms with Crippen LogP contribution in [0, 0.1) is 6.92 Å². The Labute approximate surface area is 148 Å². The maximum absolute atomic E-state index is 12.8. The van der Waals surface area contributed by atoms with Crippen LogP contribution in [0.3, 0.4) is 0 Å². The summed E-state index contributed by atoms with van der Waals surface area (Å²) >= 11 is 0.579. The monoisotopic (exact) mass is 381 g/mol. The van der Waals surface area contributed by atoms with Crippen molar-refractivity contribution in [2.75, 3.05) is 31.1 Å². The summed E-state index contributed by atoms with van der Waals surface area (Å²) in [4.78, 5) is 19.0. The maximum Gasteiger partial charge on any atom is 0.443 e. The van der Waals surface area contributed by atoms with Gasteiger partial charge in [0.1, 0.15) is 10.6 Å². The molecule has 1 aliphatic heterocycles. The molecule has 142 valence electrons. The number of hydrogen-bond acceptors (Lipinski definition) is 6. The van der Waals surface area contributed by atoms with E-state index in [1.165, 1.54) is 11.8 Å². The number of carbonyl (C=O) groups is 1. The third-order valence-electron chi connectivity index (χ3n) is 3.62. The van der Waals surface area contributed by atoms with Crippen molar-refractivity contribution >= 4 is 22.4 Å². The Balaban J connectivity index is 2.14. The summed E-state index contributed by atoms with van der Waals surface area (Å²) in [5, 5.41) is 9.13. The van der Waals surface area contributed by atoms with Gasteiger partial charge in [0.2, 0.25) is 0 Å². The minimum Gasteiger partial charge on any atom is -0.444 e. The van der Waals surface area contributed by atoms with Crippen LogP contribution in [0.5, 0.6) is 0 Å². The molecule has 0 spiro atoms. The number of nitrogens with zero attached hydrogens (tertiary/aromatic N) is 3. The number of hydrogen-bond donors (Lipinski definition) is 1. The lowest BCUT2D eigenvalue weighted by Gasteiger charge is -2.41. The molecule has 2 rings (SSSR count). The van der Waals surface area contributed by atoms with E-state index in [0.717, 1.165) is 0 Å². The van der Waals surface area contributed by atoms with Gasteiger partial charge in [-0.05, 0) is 27.7 Å². The lowest BCUT2D eigenvalue weighted by Crippen LogP contribution is -2.57. The van der Waals surface area contributed by atoms with Crippen LogP contribution in [-0.2, 0) is 10.9 Å². The minimum absolute atomic E-state index is 0.218. The first kappa shape index (κ1) is 19.8. The number of thiazole rings is 1. The number of aromatic nitrogens is 1. The molecule has 1 fully saturated rings. The van der Waals surface area contributed by atoms with Crippen molar-refractivity contribution in [3.63, 3.8) is 0 Å². The van der Waals surface area contributed by atoms with Crippen LogP contribution in [0.2, 0.25) is 0 Å². The molecule has 10 heteroatoms. The SMILES string of the molecule is Cc1nc(C(F)(F)F)sc1N1CCN(C(=O)OC(C)(C)C)C(CO)C1. The molecule has 1 aromatic heterocycles. The molecule has 1 unspecified atom stereocenters. The van der Waals surface area contributed by atoms with Gasteiger partial charge in [-0.25, -0.2) is 9.78 Å². The quantitative estimate of drug-likeness (QED) is 0.853. The summed E-state index contributed by atoms with van der Waals surface area (Å²) in [5.74, 6) is 0. The third kappa shape index (κ3) is 4.75. The maximum atomic E-state index is 12.8. The van der Waals surface area contributed by atoms with Gasteiger partial charge in [-0.15, -0.1) is 0 Å². The van der Waals surface area contributed by atoms with Gasteiger partial charge in [0.15, 0.2) is 5.01 Å². The Morgan fingerprint density at radius 2 is 2.00 bits per heavy atom. The van der Waals surface area contributed by atoms with E-state index in [1.807, 2.05) is 0 Å². The fourth-order valence-electron chi connectivity index (χ4n) is 2.56. The zero-order valence-corrected chi connectivity index (χ0v) is 15.4. The first-order valence-electron chi connectivity index (χ1n) is 7.82. The number of aliphatic hydroxyl groups is 1. The Bertz CT molecular complexity index is 628. The minimum atomic E-state index is -4.48. The summed E-state index contributed by atoms with van der Waals surface area (Å²) in [6.07, 6.45) is -5.02. The zero-order chi connectivity index (χ0) is 19.0. The van der Waals surface area contributed by atoms with Gasteiger partial charge in [-0.3, -0.25) is 4.90 Å². The van der Waals surface area contributed by atoms with Gasteiger partial charge in [0.25, 0.3) is 0 Å². The predicted octanol–water partition coefficient (Wildman–Crippen LogP) is 2.89. The van der Waals surface area contributed by atoms with Gasteiger partial charge >= 0.3 is 12.3 Å². The van der Waals surface area contributed by atoms with Crippen LogP contribution in [-0.4, -0.2) is 59.0 Å². The molecule has 1 saturated heterocycles. The number of aliphatic hydroxyl groups excluding tert-OH is 1. The molecule has 0 aliphatic carbocycles. The van der Waals surface area contributed by atoms with Crippen LogP contribution >= 0.6 is 11.3 Å². The normalized spacial score (nSPS) is 19.3. The molecule has 2 heterocycles. The highest BCUT2D eigenvalue weighted by Crippen LogP contribution is 2.38. The van der Waals surface area contributed by atoms with Gasteiger partial charge in [0.05, 0.1) is 18.3 Å². The van der Waals surface area contributed by atoms with Gasteiger partial charge < -0.3 is 14.7 Å². The summed E-state index contributed by atoms with van der Waals surface area (Å²) in [6, 6.07) is -0.556. The van der Waals surface area contributed by atoms with Crippen molar-refractivity contribution in [2.24, 2.45) is 0 Å². The molecule has 1 N–H and O–H groups in total. The van der Waals surface area contributed by atoms with Crippen LogP contribution in [0.1, 0.15) is 31.5 Å². The molecule has 0 bridgehead atoms. The standard InChI is InChI=1S/C15H22F3N3O3S/c1-9-11(25-12(19-9)15(16,17)18)20-5-6-21(10(7-20)8-22)13(23)24-14(2,3)4/h10,22H,5-8H2,1-4H3. The molecule has 6 nitrogen and oxygen atoms in total. The van der Waals surface area contributed by atoms with E-state index in [0.29, 0.717) is 28.6 Å². The second-order valence-electron chi connectivity index (χ2n) is 6.86. The number of ether oxygens (including phenoxy) is 1. The van der Waals surface area contributed by atoms with Gasteiger partial charge in [-0.1, -0.05) is 11.3 Å². The molecule has 1 amide bonds. The first-order valence-corrected chi connectivity index (χ1v) is 8.64. The molecular formula is C15H22F3N3O3S. The summed E-state index contributed by atoms with van der Waals surface area (Å²) < 4.78 is 43.8. The Kier molecular flexibility index (Phi) is 5.53. The molecule has 1 aliphatic rings. The van der Waals surface area contributed by atoms with Crippen LogP contribution in [0.25, 0.3) is 0 Å². The highest BCUT2D eigenvalue weighted by Gasteiger charge is 2.38. The molecule has 0 saturated carbocycles. The average molecular weight is 381 g/mol. The van der Waals surface area contributed by atoms with E-state index in [4.69, 9.17) is 4.74 Å². The van der Waals surface area contributed by atoms with E-state index in [1.54, 1.807) is 25.7 Å². The second kappa shape index (κ2) is 6.99. The van der Waals surface area contributed by atoms with Crippen molar-refractivity contribution in [2.45, 2.75) is 45.5 Å². The largest absolute Gasteiger partial charge is 0.444 e. The Morgan fingerprint density at radius 3 is 2.48 bits per heavy atom. The molecule has 0 radical (unpaired) electrons. The highest BCUT2D eigenvalue weighted by molar-refractivity contribution is 7.16. The van der Waals surface area contributed by atoms with Crippen LogP contribution < -0.4 is 4.90 Å². The van der Waals surface area contributed by atoms with E-state index in [-0.39, 0.29) is 19.7 Å². The van der Waals surface area contributed by atoms with Crippen LogP contribution in [0.15, 0.2) is 0 Å². The Hall–Kier alpha value is -1.55. The van der Waals surface area contributed by atoms with E-state index in [9.17, 15) is 23.1 Å². The number of carbonyl (C=O) groups excluding carboxylic acids is 1. The van der Waals surface area contributed by atoms with E-state index < -0.39 is 28.9 Å². The lowest BCUT2D eigenvalue weighted by molar-refractivity contribution is -0.137. The number of anilines is 1. The number of halogens is 3. The van der Waals surface area contributed by atoms with Crippen molar-refractivity contribution in [3.05, 3.63) is 10.7 Å². The third-order valence-corrected chi connectivity index (χ3v) is 4.89. The molecule has 0 aromatic carbocycles. The Morgan fingerprint density at radius 1 is 1.36 bits per heavy atom. The van der Waals surface area contributed by atoms with Gasteiger partial charge in [0, 0.05) is 19.6 Å². The van der Waals surface area contributed by atoms with Crippen LogP contribution in [0.4, 0.5) is 23.0 Å². The van der Waals surface area contributed by atoms with Crippen molar-refractivity contribution in [1.82, 2.24) is 9.88 Å². The number of piperazine rings is 1. The lowest BCUT2D eigenvalue weighted by atomic mass is 10.1. The summed E-state index contributed by atoms with van der Waals surface area (Å²) in [5.41, 5.74) is -0.371. The molecule has 1 atom stereocenters.